The normalized spacial score (nSPS) is 16.2. The second-order valence-electron chi connectivity index (χ2n) is 5.38. The third-order valence-electron chi connectivity index (χ3n) is 3.56. The summed E-state index contributed by atoms with van der Waals surface area (Å²) < 4.78 is 5.66. The fourth-order valence-electron chi connectivity index (χ4n) is 2.29. The van der Waals surface area contributed by atoms with Crippen molar-refractivity contribution < 1.29 is 9.53 Å². The Morgan fingerprint density at radius 2 is 2.05 bits per heavy atom. The van der Waals surface area contributed by atoms with Gasteiger partial charge in [-0.1, -0.05) is 18.0 Å². The van der Waals surface area contributed by atoms with Crippen molar-refractivity contribution in [2.45, 2.75) is 52.1 Å². The quantitative estimate of drug-likeness (QED) is 0.859. The van der Waals surface area contributed by atoms with Gasteiger partial charge in [0, 0.05) is 10.7 Å². The maximum atomic E-state index is 12.0. The molecule has 0 unspecified atom stereocenters. The van der Waals surface area contributed by atoms with Crippen molar-refractivity contribution in [1.29, 1.82) is 0 Å². The molecule has 0 radical (unpaired) electrons. The Balaban J connectivity index is 1.90. The van der Waals surface area contributed by atoms with E-state index in [4.69, 9.17) is 16.3 Å². The number of halogens is 1. The SMILES string of the molecule is Cc1cc(Cl)ccc1O[C@@H](C)C(=O)NN=C1CCCCC1. The lowest BCUT2D eigenvalue weighted by Crippen LogP contribution is -2.34. The number of carbonyl (C=O) groups is 1. The van der Waals surface area contributed by atoms with E-state index in [1.807, 2.05) is 13.0 Å². The molecule has 1 aliphatic rings. The van der Waals surface area contributed by atoms with E-state index in [2.05, 4.69) is 10.5 Å². The molecule has 0 spiro atoms. The first-order chi connectivity index (χ1) is 10.1. The molecule has 0 saturated heterocycles. The van der Waals surface area contributed by atoms with Crippen molar-refractivity contribution in [3.05, 3.63) is 28.8 Å². The van der Waals surface area contributed by atoms with Crippen molar-refractivity contribution in [2.24, 2.45) is 5.10 Å². The molecule has 1 amide bonds. The van der Waals surface area contributed by atoms with Gasteiger partial charge in [-0.2, -0.15) is 5.10 Å². The second-order valence-corrected chi connectivity index (χ2v) is 5.82. The van der Waals surface area contributed by atoms with Crippen LogP contribution in [0.25, 0.3) is 0 Å². The molecule has 1 saturated carbocycles. The van der Waals surface area contributed by atoms with Gasteiger partial charge in [0.1, 0.15) is 5.75 Å². The van der Waals surface area contributed by atoms with Crippen LogP contribution in [0.15, 0.2) is 23.3 Å². The van der Waals surface area contributed by atoms with Crippen LogP contribution in [0, 0.1) is 6.92 Å². The molecular formula is C16H21ClN2O2. The van der Waals surface area contributed by atoms with Gasteiger partial charge in [0.2, 0.25) is 0 Å². The zero-order valence-electron chi connectivity index (χ0n) is 12.5. The van der Waals surface area contributed by atoms with Gasteiger partial charge in [0.05, 0.1) is 0 Å². The Morgan fingerprint density at radius 1 is 1.33 bits per heavy atom. The number of hydrogen-bond acceptors (Lipinski definition) is 3. The van der Waals surface area contributed by atoms with Crippen LogP contribution in [-0.2, 0) is 4.79 Å². The molecule has 0 aromatic heterocycles. The minimum atomic E-state index is -0.599. The fourth-order valence-corrected chi connectivity index (χ4v) is 2.51. The average Bonchev–Trinajstić information content (AvgIpc) is 2.48. The van der Waals surface area contributed by atoms with Crippen molar-refractivity contribution in [2.75, 3.05) is 0 Å². The Hall–Kier alpha value is -1.55. The number of rotatable bonds is 4. The molecule has 4 nitrogen and oxygen atoms in total. The molecule has 1 atom stereocenters. The molecule has 1 aromatic rings. The minimum Gasteiger partial charge on any atom is -0.481 e. The molecule has 1 aromatic carbocycles. The monoisotopic (exact) mass is 308 g/mol. The first kappa shape index (κ1) is 15.8. The molecule has 114 valence electrons. The molecule has 0 bridgehead atoms. The van der Waals surface area contributed by atoms with Crippen LogP contribution in [0.5, 0.6) is 5.75 Å². The molecule has 2 rings (SSSR count). The van der Waals surface area contributed by atoms with Crippen molar-refractivity contribution in [1.82, 2.24) is 5.43 Å². The maximum Gasteiger partial charge on any atom is 0.280 e. The van der Waals surface area contributed by atoms with Gasteiger partial charge in [-0.15, -0.1) is 0 Å². The van der Waals surface area contributed by atoms with Gasteiger partial charge in [-0.25, -0.2) is 5.43 Å². The molecule has 0 aliphatic heterocycles. The number of amides is 1. The Bertz CT molecular complexity index is 535. The predicted octanol–water partition coefficient (Wildman–Crippen LogP) is 3.85. The van der Waals surface area contributed by atoms with Crippen LogP contribution in [-0.4, -0.2) is 17.7 Å². The standard InChI is InChI=1S/C16H21ClN2O2/c1-11-10-13(17)8-9-15(11)21-12(2)16(20)19-18-14-6-4-3-5-7-14/h8-10,12H,3-7H2,1-2H3,(H,19,20)/t12-/m0/s1. The van der Waals surface area contributed by atoms with E-state index in [1.165, 1.54) is 6.42 Å². The average molecular weight is 309 g/mol. The lowest BCUT2D eigenvalue weighted by molar-refractivity contribution is -0.127. The van der Waals surface area contributed by atoms with E-state index in [1.54, 1.807) is 19.1 Å². The third kappa shape index (κ3) is 4.74. The van der Waals surface area contributed by atoms with Crippen LogP contribution < -0.4 is 10.2 Å². The van der Waals surface area contributed by atoms with Crippen molar-refractivity contribution in [3.63, 3.8) is 0 Å². The fraction of sp³-hybridized carbons (Fsp3) is 0.500. The van der Waals surface area contributed by atoms with Gasteiger partial charge in [-0.3, -0.25) is 4.79 Å². The molecule has 21 heavy (non-hydrogen) atoms. The number of benzene rings is 1. The topological polar surface area (TPSA) is 50.7 Å². The van der Waals surface area contributed by atoms with Gasteiger partial charge in [-0.05, 0) is 63.3 Å². The zero-order valence-corrected chi connectivity index (χ0v) is 13.2. The summed E-state index contributed by atoms with van der Waals surface area (Å²) in [5.41, 5.74) is 4.58. The number of nitrogens with zero attached hydrogens (tertiary/aromatic N) is 1. The number of nitrogens with one attached hydrogen (secondary N) is 1. The molecule has 5 heteroatoms. The first-order valence-corrected chi connectivity index (χ1v) is 7.72. The summed E-state index contributed by atoms with van der Waals surface area (Å²) in [5.74, 6) is 0.426. The highest BCUT2D eigenvalue weighted by Gasteiger charge is 2.16. The van der Waals surface area contributed by atoms with Crippen molar-refractivity contribution in [3.8, 4) is 5.75 Å². The third-order valence-corrected chi connectivity index (χ3v) is 3.80. The van der Waals surface area contributed by atoms with Gasteiger partial charge in [0.25, 0.3) is 5.91 Å². The Morgan fingerprint density at radius 3 is 2.71 bits per heavy atom. The number of hydrogen-bond donors (Lipinski definition) is 1. The Kier molecular flexibility index (Phi) is 5.62. The summed E-state index contributed by atoms with van der Waals surface area (Å²) in [7, 11) is 0. The van der Waals surface area contributed by atoms with Crippen molar-refractivity contribution >= 4 is 23.2 Å². The lowest BCUT2D eigenvalue weighted by Gasteiger charge is -2.16. The molecule has 1 aliphatic carbocycles. The molecule has 0 heterocycles. The lowest BCUT2D eigenvalue weighted by atomic mass is 9.99. The van der Waals surface area contributed by atoms with Crippen LogP contribution in [0.3, 0.4) is 0 Å². The van der Waals surface area contributed by atoms with E-state index in [0.29, 0.717) is 10.8 Å². The van der Waals surface area contributed by atoms with Gasteiger partial charge in [0.15, 0.2) is 6.10 Å². The maximum absolute atomic E-state index is 12.0. The van der Waals surface area contributed by atoms with E-state index in [0.717, 1.165) is 37.0 Å². The molecule has 1 N–H and O–H groups in total. The number of ether oxygens (including phenoxy) is 1. The van der Waals surface area contributed by atoms with Crippen LogP contribution in [0.2, 0.25) is 5.02 Å². The van der Waals surface area contributed by atoms with Crippen LogP contribution >= 0.6 is 11.6 Å². The predicted molar refractivity (Wildman–Crippen MR) is 84.9 cm³/mol. The summed E-state index contributed by atoms with van der Waals surface area (Å²) in [6.45, 7) is 3.61. The smallest absolute Gasteiger partial charge is 0.280 e. The summed E-state index contributed by atoms with van der Waals surface area (Å²) in [6.07, 6.45) is 4.92. The highest BCUT2D eigenvalue weighted by molar-refractivity contribution is 6.30. The van der Waals surface area contributed by atoms with E-state index in [9.17, 15) is 4.79 Å². The summed E-state index contributed by atoms with van der Waals surface area (Å²) in [5, 5.41) is 4.85. The van der Waals surface area contributed by atoms with Gasteiger partial charge < -0.3 is 4.74 Å². The zero-order chi connectivity index (χ0) is 15.2. The number of hydrazone groups is 1. The molecule has 1 fully saturated rings. The second kappa shape index (κ2) is 7.46. The number of carbonyl (C=O) groups excluding carboxylic acids is 1. The van der Waals surface area contributed by atoms with E-state index in [-0.39, 0.29) is 5.91 Å². The van der Waals surface area contributed by atoms with E-state index >= 15 is 0 Å². The van der Waals surface area contributed by atoms with Crippen LogP contribution in [0.1, 0.15) is 44.6 Å². The van der Waals surface area contributed by atoms with Gasteiger partial charge >= 0.3 is 0 Å². The summed E-state index contributed by atoms with van der Waals surface area (Å²) in [6, 6.07) is 5.33. The largest absolute Gasteiger partial charge is 0.481 e. The molecular weight excluding hydrogens is 288 g/mol. The number of aryl methyl sites for hydroxylation is 1. The highest BCUT2D eigenvalue weighted by Crippen LogP contribution is 2.22. The Labute approximate surface area is 130 Å². The summed E-state index contributed by atoms with van der Waals surface area (Å²) >= 11 is 5.90. The van der Waals surface area contributed by atoms with E-state index < -0.39 is 6.10 Å². The highest BCUT2D eigenvalue weighted by atomic mass is 35.5. The summed E-state index contributed by atoms with van der Waals surface area (Å²) in [4.78, 5) is 12.0. The van der Waals surface area contributed by atoms with Crippen LogP contribution in [0.4, 0.5) is 0 Å². The minimum absolute atomic E-state index is 0.234. The first-order valence-electron chi connectivity index (χ1n) is 7.34.